The van der Waals surface area contributed by atoms with E-state index in [1.807, 2.05) is 17.6 Å². The molecule has 0 radical (unpaired) electrons. The molecule has 0 aliphatic carbocycles. The molecule has 1 atom stereocenters. The Morgan fingerprint density at radius 2 is 2.16 bits per heavy atom. The molecule has 0 saturated carbocycles. The lowest BCUT2D eigenvalue weighted by atomic mass is 10.2. The Balaban J connectivity index is 2.62. The second kappa shape index (κ2) is 5.39. The van der Waals surface area contributed by atoms with Gasteiger partial charge < -0.3 is 9.47 Å². The first-order valence-corrected chi connectivity index (χ1v) is 6.80. The van der Waals surface area contributed by atoms with Gasteiger partial charge in [-0.2, -0.15) is 0 Å². The molecule has 4 nitrogen and oxygen atoms in total. The molecule has 19 heavy (non-hydrogen) atoms. The molecule has 0 bridgehead atoms. The number of rotatable bonds is 3. The molecule has 1 unspecified atom stereocenters. The molecule has 2 rings (SSSR count). The number of fused-ring (bicyclic) bond motifs is 1. The number of hydrogen-bond donors (Lipinski definition) is 0. The van der Waals surface area contributed by atoms with Gasteiger partial charge in [0.1, 0.15) is 11.9 Å². The van der Waals surface area contributed by atoms with Crippen LogP contribution in [0.25, 0.3) is 11.0 Å². The molecule has 6 heteroatoms. The van der Waals surface area contributed by atoms with Crippen LogP contribution in [0.2, 0.25) is 5.02 Å². The average molecular weight is 300 g/mol. The summed E-state index contributed by atoms with van der Waals surface area (Å²) in [6, 6.07) is 5.04. The van der Waals surface area contributed by atoms with Gasteiger partial charge in [-0.05, 0) is 25.1 Å². The van der Waals surface area contributed by atoms with Gasteiger partial charge >= 0.3 is 0 Å². The fraction of sp³-hybridized carbons (Fsp3) is 0.385. The van der Waals surface area contributed by atoms with Gasteiger partial charge in [0, 0.05) is 19.1 Å². The third kappa shape index (κ3) is 2.55. The minimum absolute atomic E-state index is 0.00866. The van der Waals surface area contributed by atoms with E-state index in [-0.39, 0.29) is 17.8 Å². The standard InChI is InChI=1S/C13H15Cl2N3O/c1-8(13(19)17(2)3)18-11-6-9(15)4-5-10(11)16-12(18)7-14/h4-6,8H,7H2,1-3H3. The lowest BCUT2D eigenvalue weighted by Crippen LogP contribution is -2.30. The van der Waals surface area contributed by atoms with E-state index in [0.29, 0.717) is 10.8 Å². The summed E-state index contributed by atoms with van der Waals surface area (Å²) in [5.41, 5.74) is 1.62. The van der Waals surface area contributed by atoms with Crippen molar-refractivity contribution in [1.29, 1.82) is 0 Å². The number of hydrogen-bond acceptors (Lipinski definition) is 2. The first-order chi connectivity index (χ1) is 8.95. The van der Waals surface area contributed by atoms with Gasteiger partial charge in [-0.3, -0.25) is 4.79 Å². The van der Waals surface area contributed by atoms with E-state index in [1.165, 1.54) is 0 Å². The zero-order valence-corrected chi connectivity index (χ0v) is 12.5. The number of carbonyl (C=O) groups excluding carboxylic acids is 1. The summed E-state index contributed by atoms with van der Waals surface area (Å²) < 4.78 is 1.84. The van der Waals surface area contributed by atoms with Crippen LogP contribution < -0.4 is 0 Å². The monoisotopic (exact) mass is 299 g/mol. The van der Waals surface area contributed by atoms with Gasteiger partial charge in [0.25, 0.3) is 0 Å². The summed E-state index contributed by atoms with van der Waals surface area (Å²) in [4.78, 5) is 18.1. The van der Waals surface area contributed by atoms with Gasteiger partial charge in [0.05, 0.1) is 16.9 Å². The molecule has 0 spiro atoms. The normalized spacial score (nSPS) is 12.7. The molecule has 1 aromatic carbocycles. The number of aromatic nitrogens is 2. The Bertz CT molecular complexity index is 622. The molecule has 0 saturated heterocycles. The number of likely N-dealkylation sites (N-methyl/N-ethyl adjacent to an activating group) is 1. The SMILES string of the molecule is CC(C(=O)N(C)C)n1c(CCl)nc2ccc(Cl)cc21. The van der Waals surface area contributed by atoms with Crippen molar-refractivity contribution in [3.63, 3.8) is 0 Å². The van der Waals surface area contributed by atoms with Gasteiger partial charge in [0.15, 0.2) is 0 Å². The first kappa shape index (κ1) is 14.2. The number of imidazole rings is 1. The van der Waals surface area contributed by atoms with Crippen molar-refractivity contribution in [2.24, 2.45) is 0 Å². The minimum atomic E-state index is -0.368. The second-order valence-corrected chi connectivity index (χ2v) is 5.28. The van der Waals surface area contributed by atoms with Crippen LogP contribution in [0.3, 0.4) is 0 Å². The first-order valence-electron chi connectivity index (χ1n) is 5.89. The fourth-order valence-corrected chi connectivity index (χ4v) is 2.48. The van der Waals surface area contributed by atoms with Gasteiger partial charge in [0.2, 0.25) is 5.91 Å². The minimum Gasteiger partial charge on any atom is -0.347 e. The fourth-order valence-electron chi connectivity index (χ4n) is 2.13. The molecule has 0 N–H and O–H groups in total. The Hall–Kier alpha value is -1.26. The van der Waals surface area contributed by atoms with Crippen molar-refractivity contribution in [3.8, 4) is 0 Å². The maximum Gasteiger partial charge on any atom is 0.244 e. The lowest BCUT2D eigenvalue weighted by Gasteiger charge is -2.20. The number of alkyl halides is 1. The van der Waals surface area contributed by atoms with Crippen LogP contribution in [0, 0.1) is 0 Å². The van der Waals surface area contributed by atoms with Gasteiger partial charge in [-0.15, -0.1) is 11.6 Å². The quantitative estimate of drug-likeness (QED) is 0.817. The predicted molar refractivity (Wildman–Crippen MR) is 77.7 cm³/mol. The van der Waals surface area contributed by atoms with E-state index < -0.39 is 0 Å². The van der Waals surface area contributed by atoms with Gasteiger partial charge in [-0.25, -0.2) is 4.98 Å². The molecule has 2 aromatic rings. The molecule has 0 aliphatic rings. The van der Waals surface area contributed by atoms with E-state index in [0.717, 1.165) is 11.0 Å². The van der Waals surface area contributed by atoms with Crippen LogP contribution in [0.15, 0.2) is 18.2 Å². The third-order valence-corrected chi connectivity index (χ3v) is 3.50. The topological polar surface area (TPSA) is 38.1 Å². The highest BCUT2D eigenvalue weighted by Crippen LogP contribution is 2.25. The number of amides is 1. The summed E-state index contributed by atoms with van der Waals surface area (Å²) in [5.74, 6) is 0.907. The molecular weight excluding hydrogens is 285 g/mol. The zero-order valence-electron chi connectivity index (χ0n) is 11.0. The summed E-state index contributed by atoms with van der Waals surface area (Å²) in [5, 5.41) is 0.610. The van der Waals surface area contributed by atoms with E-state index in [1.54, 1.807) is 31.1 Å². The third-order valence-electron chi connectivity index (χ3n) is 3.03. The Kier molecular flexibility index (Phi) is 4.02. The molecule has 102 valence electrons. The van der Waals surface area contributed by atoms with E-state index in [4.69, 9.17) is 23.2 Å². The summed E-state index contributed by atoms with van der Waals surface area (Å²) in [6.07, 6.45) is 0. The average Bonchev–Trinajstić information content (AvgIpc) is 2.74. The van der Waals surface area contributed by atoms with Crippen LogP contribution in [-0.4, -0.2) is 34.5 Å². The van der Waals surface area contributed by atoms with Crippen LogP contribution in [-0.2, 0) is 10.7 Å². The highest BCUT2D eigenvalue weighted by atomic mass is 35.5. The van der Waals surface area contributed by atoms with Crippen LogP contribution in [0.1, 0.15) is 18.8 Å². The second-order valence-electron chi connectivity index (χ2n) is 4.57. The Morgan fingerprint density at radius 1 is 1.47 bits per heavy atom. The number of benzene rings is 1. The predicted octanol–water partition coefficient (Wildman–Crippen LogP) is 3.08. The van der Waals surface area contributed by atoms with Crippen LogP contribution in [0.4, 0.5) is 0 Å². The molecule has 1 heterocycles. The molecule has 0 aliphatic heterocycles. The Morgan fingerprint density at radius 3 is 2.74 bits per heavy atom. The van der Waals surface area contributed by atoms with E-state index in [9.17, 15) is 4.79 Å². The van der Waals surface area contributed by atoms with Gasteiger partial charge in [-0.1, -0.05) is 11.6 Å². The number of carbonyl (C=O) groups is 1. The zero-order chi connectivity index (χ0) is 14.2. The summed E-state index contributed by atoms with van der Waals surface area (Å²) >= 11 is 12.0. The molecule has 1 aromatic heterocycles. The van der Waals surface area contributed by atoms with Crippen molar-refractivity contribution >= 4 is 40.1 Å². The number of halogens is 2. The van der Waals surface area contributed by atoms with Crippen LogP contribution >= 0.6 is 23.2 Å². The Labute approximate surface area is 121 Å². The smallest absolute Gasteiger partial charge is 0.244 e. The van der Waals surface area contributed by atoms with E-state index in [2.05, 4.69) is 4.98 Å². The summed E-state index contributed by atoms with van der Waals surface area (Å²) in [6.45, 7) is 1.83. The molecular formula is C13H15Cl2N3O. The van der Waals surface area contributed by atoms with Crippen LogP contribution in [0.5, 0.6) is 0 Å². The summed E-state index contributed by atoms with van der Waals surface area (Å²) in [7, 11) is 3.45. The van der Waals surface area contributed by atoms with Crippen molar-refractivity contribution in [3.05, 3.63) is 29.0 Å². The highest BCUT2D eigenvalue weighted by molar-refractivity contribution is 6.31. The molecule has 0 fully saturated rings. The van der Waals surface area contributed by atoms with E-state index >= 15 is 0 Å². The number of nitrogens with zero attached hydrogens (tertiary/aromatic N) is 3. The highest BCUT2D eigenvalue weighted by Gasteiger charge is 2.22. The maximum atomic E-state index is 12.1. The lowest BCUT2D eigenvalue weighted by molar-refractivity contribution is -0.131. The largest absolute Gasteiger partial charge is 0.347 e. The van der Waals surface area contributed by atoms with Crippen molar-refractivity contribution in [1.82, 2.24) is 14.5 Å². The molecule has 1 amide bonds. The maximum absolute atomic E-state index is 12.1. The van der Waals surface area contributed by atoms with Crippen molar-refractivity contribution in [2.75, 3.05) is 14.1 Å². The van der Waals surface area contributed by atoms with Crippen molar-refractivity contribution in [2.45, 2.75) is 18.8 Å². The van der Waals surface area contributed by atoms with Crippen molar-refractivity contribution < 1.29 is 4.79 Å².